The van der Waals surface area contributed by atoms with Gasteiger partial charge in [-0.3, -0.25) is 14.4 Å². The summed E-state index contributed by atoms with van der Waals surface area (Å²) in [5, 5.41) is 0. The Bertz CT molecular complexity index is 1090. The van der Waals surface area contributed by atoms with Gasteiger partial charge in [-0.2, -0.15) is 0 Å². The van der Waals surface area contributed by atoms with Gasteiger partial charge in [0.05, 0.1) is 16.6 Å². The summed E-state index contributed by atoms with van der Waals surface area (Å²) >= 11 is 0. The van der Waals surface area contributed by atoms with Crippen molar-refractivity contribution in [3.05, 3.63) is 54.1 Å². The molecule has 0 spiro atoms. The fraction of sp³-hybridized carbons (Fsp3) is 0.500. The lowest BCUT2D eigenvalue weighted by Crippen LogP contribution is -2.46. The van der Waals surface area contributed by atoms with E-state index in [1.807, 2.05) is 0 Å². The van der Waals surface area contributed by atoms with E-state index in [4.69, 9.17) is 9.47 Å². The van der Waals surface area contributed by atoms with Crippen molar-refractivity contribution < 1.29 is 22.7 Å². The van der Waals surface area contributed by atoms with Crippen LogP contribution >= 0.6 is 0 Å². The summed E-state index contributed by atoms with van der Waals surface area (Å²) in [5.41, 5.74) is 0.598. The molecule has 1 aliphatic heterocycles. The van der Waals surface area contributed by atoms with Gasteiger partial charge in [-0.05, 0) is 56.1 Å². The normalized spacial score (nSPS) is 22.5. The molecule has 0 saturated carbocycles. The first-order valence-corrected chi connectivity index (χ1v) is 13.5. The number of sulfonamides is 1. The van der Waals surface area contributed by atoms with Crippen LogP contribution in [0.1, 0.15) is 37.6 Å². The van der Waals surface area contributed by atoms with Gasteiger partial charge in [0.1, 0.15) is 12.4 Å². The molecule has 9 heteroatoms. The predicted molar refractivity (Wildman–Crippen MR) is 137 cm³/mol. The summed E-state index contributed by atoms with van der Waals surface area (Å²) in [4.78, 5) is 17.6. The van der Waals surface area contributed by atoms with E-state index in [1.165, 1.54) is 12.1 Å². The first-order valence-electron chi connectivity index (χ1n) is 12.0. The van der Waals surface area contributed by atoms with Crippen molar-refractivity contribution in [2.75, 3.05) is 45.1 Å². The highest BCUT2D eigenvalue weighted by Crippen LogP contribution is 2.27. The van der Waals surface area contributed by atoms with Crippen LogP contribution in [0.4, 0.5) is 5.69 Å². The maximum atomic E-state index is 13.5. The number of methoxy groups -OCH3 is 1. The first-order chi connectivity index (χ1) is 16.7. The Morgan fingerprint density at radius 1 is 1.11 bits per heavy atom. The van der Waals surface area contributed by atoms with E-state index < -0.39 is 10.0 Å². The zero-order valence-corrected chi connectivity index (χ0v) is 22.0. The first kappa shape index (κ1) is 27.0. The van der Waals surface area contributed by atoms with Crippen LogP contribution in [-0.4, -0.2) is 76.7 Å². The highest BCUT2D eigenvalue weighted by atomic mass is 32.2. The second-order valence-corrected chi connectivity index (χ2v) is 10.9. The van der Waals surface area contributed by atoms with Crippen molar-refractivity contribution in [2.24, 2.45) is 5.92 Å². The Labute approximate surface area is 209 Å². The second-order valence-electron chi connectivity index (χ2n) is 9.22. The van der Waals surface area contributed by atoms with Crippen LogP contribution in [-0.2, 0) is 14.8 Å². The summed E-state index contributed by atoms with van der Waals surface area (Å²) in [6, 6.07) is 13.1. The van der Waals surface area contributed by atoms with Gasteiger partial charge >= 0.3 is 0 Å². The lowest BCUT2D eigenvalue weighted by Gasteiger charge is -2.35. The van der Waals surface area contributed by atoms with E-state index in [0.717, 1.165) is 19.5 Å². The number of nitrogens with zero attached hydrogens (tertiary/aromatic N) is 2. The minimum Gasteiger partial charge on any atom is -0.491 e. The van der Waals surface area contributed by atoms with Gasteiger partial charge in [0.15, 0.2) is 0 Å². The molecule has 3 atom stereocenters. The highest BCUT2D eigenvalue weighted by Gasteiger charge is 2.28. The lowest BCUT2D eigenvalue weighted by atomic mass is 10.0. The summed E-state index contributed by atoms with van der Waals surface area (Å²) in [6.07, 6.45) is 0.883. The highest BCUT2D eigenvalue weighted by molar-refractivity contribution is 7.92. The van der Waals surface area contributed by atoms with E-state index in [0.29, 0.717) is 30.2 Å². The Hall–Kier alpha value is -2.62. The van der Waals surface area contributed by atoms with Gasteiger partial charge < -0.3 is 14.4 Å². The molecule has 8 nitrogen and oxygen atoms in total. The molecule has 3 rings (SSSR count). The number of ether oxygens (including phenoxy) is 2. The third kappa shape index (κ3) is 6.74. The van der Waals surface area contributed by atoms with Crippen LogP contribution < -0.4 is 9.46 Å². The molecule has 2 aromatic carbocycles. The number of benzene rings is 2. The number of rotatable bonds is 6. The summed E-state index contributed by atoms with van der Waals surface area (Å²) in [5.74, 6) is 0.371. The molecular weight excluding hydrogens is 466 g/mol. The third-order valence-electron chi connectivity index (χ3n) is 6.39. The molecule has 35 heavy (non-hydrogen) atoms. The Morgan fingerprint density at radius 3 is 2.49 bits per heavy atom. The minimum atomic E-state index is -3.80. The summed E-state index contributed by atoms with van der Waals surface area (Å²) in [6.45, 7) is 9.00. The smallest absolute Gasteiger partial charge is 0.261 e. The minimum absolute atomic E-state index is 0.131. The number of carbonyl (C=O) groups excluding carboxylic acids is 1. The van der Waals surface area contributed by atoms with Crippen LogP contribution in [0.15, 0.2) is 53.4 Å². The molecule has 1 amide bonds. The molecule has 1 aliphatic rings. The van der Waals surface area contributed by atoms with Crippen molar-refractivity contribution in [1.82, 2.24) is 9.80 Å². The fourth-order valence-corrected chi connectivity index (χ4v) is 5.40. The number of nitrogens with one attached hydrogen (secondary N) is 1. The zero-order valence-electron chi connectivity index (χ0n) is 21.2. The van der Waals surface area contributed by atoms with Gasteiger partial charge in [0.25, 0.3) is 15.9 Å². The maximum Gasteiger partial charge on any atom is 0.261 e. The molecular formula is C26H37N3O5S. The molecule has 0 saturated heterocycles. The quantitative estimate of drug-likeness (QED) is 0.647. The van der Waals surface area contributed by atoms with E-state index in [9.17, 15) is 13.2 Å². The summed E-state index contributed by atoms with van der Waals surface area (Å²) < 4.78 is 40.1. The molecule has 0 fully saturated rings. The Kier molecular flexibility index (Phi) is 9.15. The van der Waals surface area contributed by atoms with E-state index >= 15 is 0 Å². The molecule has 1 N–H and O–H groups in total. The molecule has 0 aliphatic carbocycles. The van der Waals surface area contributed by atoms with Gasteiger partial charge in [0.2, 0.25) is 0 Å². The average molecular weight is 504 g/mol. The van der Waals surface area contributed by atoms with Crippen molar-refractivity contribution >= 4 is 21.6 Å². The lowest BCUT2D eigenvalue weighted by molar-refractivity contribution is 0.0108. The van der Waals surface area contributed by atoms with Crippen molar-refractivity contribution in [3.8, 4) is 5.75 Å². The van der Waals surface area contributed by atoms with Crippen molar-refractivity contribution in [2.45, 2.75) is 44.2 Å². The van der Waals surface area contributed by atoms with E-state index in [1.54, 1.807) is 55.5 Å². The van der Waals surface area contributed by atoms with Crippen molar-refractivity contribution in [1.29, 1.82) is 0 Å². The second kappa shape index (κ2) is 11.9. The number of amides is 1. The number of fused-ring (bicyclic) bond motifs is 1. The molecule has 0 bridgehead atoms. The number of carbonyl (C=O) groups is 1. The van der Waals surface area contributed by atoms with Crippen LogP contribution in [0.2, 0.25) is 0 Å². The molecule has 192 valence electrons. The Balaban J connectivity index is 1.96. The van der Waals surface area contributed by atoms with E-state index in [2.05, 4.69) is 30.4 Å². The standard InChI is InChI=1S/C26H37N3O5S/c1-6-14-29-16-19(2)25(33-5)17-28(4)26(30)23-15-21(12-13-24(23)34-18-20(29)3)27-35(31,32)22-10-8-7-9-11-22/h7-13,15,19-20,25,27H,6,14,16-18H2,1-5H3/t19-,20+,25+/m0/s1. The topological polar surface area (TPSA) is 88.2 Å². The molecule has 0 aromatic heterocycles. The van der Waals surface area contributed by atoms with Gasteiger partial charge in [0, 0.05) is 39.0 Å². The maximum absolute atomic E-state index is 13.5. The van der Waals surface area contributed by atoms with Crippen LogP contribution in [0.25, 0.3) is 0 Å². The number of hydrogen-bond donors (Lipinski definition) is 1. The molecule has 0 unspecified atom stereocenters. The number of likely N-dealkylation sites (N-methyl/N-ethyl adjacent to an activating group) is 1. The SMILES string of the molecule is CCCN1C[C@H](C)[C@H](OC)CN(C)C(=O)c2cc(NS(=O)(=O)c3ccccc3)ccc2OC[C@H]1C. The van der Waals surface area contributed by atoms with Gasteiger partial charge in [-0.25, -0.2) is 8.42 Å². The number of hydrogen-bond acceptors (Lipinski definition) is 6. The predicted octanol–water partition coefficient (Wildman–Crippen LogP) is 3.70. The third-order valence-corrected chi connectivity index (χ3v) is 7.79. The van der Waals surface area contributed by atoms with Gasteiger partial charge in [-0.15, -0.1) is 0 Å². The Morgan fingerprint density at radius 2 is 1.83 bits per heavy atom. The average Bonchev–Trinajstić information content (AvgIpc) is 2.85. The number of anilines is 1. The van der Waals surface area contributed by atoms with Crippen LogP contribution in [0, 0.1) is 5.92 Å². The molecule has 0 radical (unpaired) electrons. The van der Waals surface area contributed by atoms with E-state index in [-0.39, 0.29) is 28.9 Å². The molecule has 2 aromatic rings. The largest absolute Gasteiger partial charge is 0.491 e. The monoisotopic (exact) mass is 503 g/mol. The van der Waals surface area contributed by atoms with Crippen LogP contribution in [0.3, 0.4) is 0 Å². The van der Waals surface area contributed by atoms with Crippen LogP contribution in [0.5, 0.6) is 5.75 Å². The summed E-state index contributed by atoms with van der Waals surface area (Å²) in [7, 11) is -0.397. The zero-order chi connectivity index (χ0) is 25.6. The van der Waals surface area contributed by atoms with Gasteiger partial charge in [-0.1, -0.05) is 32.0 Å². The van der Waals surface area contributed by atoms with Crippen molar-refractivity contribution in [3.63, 3.8) is 0 Å². The fourth-order valence-electron chi connectivity index (χ4n) is 4.33. The molecule has 1 heterocycles.